The number of phenolic OH excluding ortho intramolecular Hbond substituents is 1. The number of nitrogens with one attached hydrogen (secondary N) is 1. The molecule has 7 rings (SSSR count). The number of carbonyl (C=O) groups is 3. The molecule has 0 bridgehead atoms. The fourth-order valence-corrected chi connectivity index (χ4v) is 7.53. The van der Waals surface area contributed by atoms with Gasteiger partial charge in [-0.1, -0.05) is 85.8 Å². The number of benzene rings is 5. The summed E-state index contributed by atoms with van der Waals surface area (Å²) in [7, 11) is 3.01. The Labute approximate surface area is 313 Å². The number of aromatic hydroxyl groups is 1. The summed E-state index contributed by atoms with van der Waals surface area (Å²) in [6.07, 6.45) is 0.398. The number of methoxy groups -OCH3 is 1. The van der Waals surface area contributed by atoms with Crippen molar-refractivity contribution >= 4 is 23.5 Å². The van der Waals surface area contributed by atoms with Crippen molar-refractivity contribution in [2.75, 3.05) is 19.1 Å². The van der Waals surface area contributed by atoms with E-state index in [4.69, 9.17) is 9.47 Å². The van der Waals surface area contributed by atoms with Gasteiger partial charge in [0.05, 0.1) is 18.8 Å². The van der Waals surface area contributed by atoms with Crippen LogP contribution in [-0.2, 0) is 38.5 Å². The highest BCUT2D eigenvalue weighted by Gasteiger charge is 2.40. The number of rotatable bonds is 10. The summed E-state index contributed by atoms with van der Waals surface area (Å²) in [5.74, 6) is -0.764. The van der Waals surface area contributed by atoms with Gasteiger partial charge in [0.15, 0.2) is 0 Å². The number of hydrogen-bond donors (Lipinski definition) is 2. The van der Waals surface area contributed by atoms with Gasteiger partial charge < -0.3 is 24.8 Å². The zero-order chi connectivity index (χ0) is 37.9. The smallest absolute Gasteiger partial charge is 0.328 e. The number of carbonyl (C=O) groups excluding carboxylic acids is 3. The number of hydrogen-bond acceptors (Lipinski definition) is 7. The zero-order valence-electron chi connectivity index (χ0n) is 30.4. The number of esters is 1. The molecule has 0 fully saturated rings. The maximum atomic E-state index is 14.5. The van der Waals surface area contributed by atoms with Crippen molar-refractivity contribution < 1.29 is 33.4 Å². The van der Waals surface area contributed by atoms with Crippen molar-refractivity contribution in [3.63, 3.8) is 0 Å². The maximum absolute atomic E-state index is 14.5. The Hall–Kier alpha value is -6.00. The molecule has 2 heterocycles. The Morgan fingerprint density at radius 2 is 1.59 bits per heavy atom. The molecule has 4 atom stereocenters. The molecule has 2 aliphatic rings. The Kier molecular flexibility index (Phi) is 10.5. The first-order chi connectivity index (χ1) is 26.1. The van der Waals surface area contributed by atoms with Crippen LogP contribution >= 0.6 is 0 Å². The summed E-state index contributed by atoms with van der Waals surface area (Å²) in [5.41, 5.74) is 6.77. The van der Waals surface area contributed by atoms with Gasteiger partial charge in [-0.2, -0.15) is 0 Å². The SMILES string of the molecule is CC[C@@H](c1ccccc1)N1Cc2cc3c(cc2C[C@H]1C(=O)NC(Cc1ccc(-c2ccc(F)cc2)cc1)C(=O)OC)N(C)C(=O)[C@@H](c1ccc(O)cc1)O3. The van der Waals surface area contributed by atoms with Crippen molar-refractivity contribution in [1.82, 2.24) is 10.2 Å². The van der Waals surface area contributed by atoms with E-state index in [1.807, 2.05) is 54.6 Å². The van der Waals surface area contributed by atoms with Crippen LogP contribution in [0.4, 0.5) is 10.1 Å². The van der Waals surface area contributed by atoms with Gasteiger partial charge in [0.25, 0.3) is 5.91 Å². The van der Waals surface area contributed by atoms with E-state index in [0.29, 0.717) is 30.0 Å². The molecule has 0 aliphatic carbocycles. The monoisotopic (exact) mass is 727 g/mol. The molecule has 5 aromatic carbocycles. The van der Waals surface area contributed by atoms with Crippen LogP contribution in [0.5, 0.6) is 11.5 Å². The minimum absolute atomic E-state index is 0.0995. The van der Waals surface area contributed by atoms with E-state index in [1.54, 1.807) is 36.2 Å². The topological polar surface area (TPSA) is 108 Å². The molecule has 2 aliphatic heterocycles. The van der Waals surface area contributed by atoms with E-state index in [2.05, 4.69) is 29.3 Å². The minimum atomic E-state index is -0.947. The lowest BCUT2D eigenvalue weighted by Crippen LogP contribution is -2.55. The molecule has 0 saturated carbocycles. The van der Waals surface area contributed by atoms with Gasteiger partial charge in [0.1, 0.15) is 23.4 Å². The Bertz CT molecular complexity index is 2140. The van der Waals surface area contributed by atoms with Crippen molar-refractivity contribution in [2.24, 2.45) is 0 Å². The average molecular weight is 728 g/mol. The lowest BCUT2D eigenvalue weighted by molar-refractivity contribution is -0.146. The molecular formula is C44H42FN3O6. The lowest BCUT2D eigenvalue weighted by Gasteiger charge is -2.42. The Balaban J connectivity index is 1.18. The molecule has 2 amide bonds. The van der Waals surface area contributed by atoms with E-state index >= 15 is 0 Å². The molecule has 0 spiro atoms. The molecule has 0 aromatic heterocycles. The number of fused-ring (bicyclic) bond motifs is 2. The summed E-state index contributed by atoms with van der Waals surface area (Å²) in [6.45, 7) is 2.51. The molecule has 1 unspecified atom stereocenters. The van der Waals surface area contributed by atoms with Crippen molar-refractivity contribution in [3.8, 4) is 22.6 Å². The predicted octanol–water partition coefficient (Wildman–Crippen LogP) is 7.07. The average Bonchev–Trinajstić information content (AvgIpc) is 3.19. The van der Waals surface area contributed by atoms with Crippen LogP contribution in [0.1, 0.15) is 53.3 Å². The molecular weight excluding hydrogens is 685 g/mol. The van der Waals surface area contributed by atoms with Gasteiger partial charge >= 0.3 is 5.97 Å². The standard InChI is InChI=1S/C44H42FN3O6/c1-4-37(30-8-6-5-7-9-30)48-26-33-25-40-38(47(2)43(51)41(54-40)31-16-20-35(49)21-17-31)23-32(33)24-39(48)42(50)46-36(44(52)53-3)22-27-10-12-28(13-11-27)29-14-18-34(45)19-15-29/h5-21,23,25,36-37,39,41,49H,4,22,24,26H2,1-3H3,(H,46,50)/t36?,37-,39-,41+/m0/s1. The van der Waals surface area contributed by atoms with Crippen molar-refractivity contribution in [3.05, 3.63) is 149 Å². The van der Waals surface area contributed by atoms with E-state index < -0.39 is 24.2 Å². The van der Waals surface area contributed by atoms with Gasteiger partial charge in [-0.25, -0.2) is 9.18 Å². The molecule has 54 heavy (non-hydrogen) atoms. The third kappa shape index (κ3) is 7.43. The second-order valence-electron chi connectivity index (χ2n) is 13.8. The molecule has 2 N–H and O–H groups in total. The summed E-state index contributed by atoms with van der Waals surface area (Å²) >= 11 is 0. The molecule has 276 valence electrons. The van der Waals surface area contributed by atoms with Gasteiger partial charge in [-0.15, -0.1) is 0 Å². The van der Waals surface area contributed by atoms with Gasteiger partial charge in [-0.3, -0.25) is 14.5 Å². The van der Waals surface area contributed by atoms with Crippen LogP contribution in [0.2, 0.25) is 0 Å². The molecule has 0 saturated heterocycles. The van der Waals surface area contributed by atoms with Crippen molar-refractivity contribution in [2.45, 2.75) is 57.0 Å². The van der Waals surface area contributed by atoms with Gasteiger partial charge in [0.2, 0.25) is 12.0 Å². The van der Waals surface area contributed by atoms with E-state index in [-0.39, 0.29) is 35.8 Å². The first-order valence-corrected chi connectivity index (χ1v) is 18.1. The number of anilines is 1. The zero-order valence-corrected chi connectivity index (χ0v) is 30.4. The highest BCUT2D eigenvalue weighted by molar-refractivity contribution is 6.00. The molecule has 0 radical (unpaired) electrons. The fourth-order valence-electron chi connectivity index (χ4n) is 7.53. The number of phenols is 1. The summed E-state index contributed by atoms with van der Waals surface area (Å²) in [6, 6.07) is 32.5. The number of halogens is 1. The third-order valence-corrected chi connectivity index (χ3v) is 10.5. The highest BCUT2D eigenvalue weighted by atomic mass is 19.1. The number of nitrogens with zero attached hydrogens (tertiary/aromatic N) is 2. The predicted molar refractivity (Wildman–Crippen MR) is 203 cm³/mol. The van der Waals surface area contributed by atoms with Crippen LogP contribution in [0.3, 0.4) is 0 Å². The Morgan fingerprint density at radius 3 is 2.24 bits per heavy atom. The van der Waals surface area contributed by atoms with E-state index in [9.17, 15) is 23.9 Å². The number of ether oxygens (including phenoxy) is 2. The largest absolute Gasteiger partial charge is 0.508 e. The lowest BCUT2D eigenvalue weighted by atomic mass is 9.88. The summed E-state index contributed by atoms with van der Waals surface area (Å²) in [4.78, 5) is 44.9. The van der Waals surface area contributed by atoms with Crippen LogP contribution in [0, 0.1) is 5.82 Å². The van der Waals surface area contributed by atoms with Crippen molar-refractivity contribution in [1.29, 1.82) is 0 Å². The first-order valence-electron chi connectivity index (χ1n) is 18.1. The number of likely N-dealkylation sites (N-methyl/N-ethyl adjacent to an activating group) is 1. The molecule has 5 aromatic rings. The second-order valence-corrected chi connectivity index (χ2v) is 13.8. The van der Waals surface area contributed by atoms with Gasteiger partial charge in [-0.05, 0) is 82.6 Å². The first kappa shape index (κ1) is 36.4. The number of amides is 2. The Morgan fingerprint density at radius 1 is 0.926 bits per heavy atom. The minimum Gasteiger partial charge on any atom is -0.508 e. The summed E-state index contributed by atoms with van der Waals surface area (Å²) < 4.78 is 25.0. The van der Waals surface area contributed by atoms with E-state index in [0.717, 1.165) is 39.8 Å². The van der Waals surface area contributed by atoms with E-state index in [1.165, 1.54) is 31.4 Å². The van der Waals surface area contributed by atoms with Crippen LogP contribution in [0.15, 0.2) is 115 Å². The third-order valence-electron chi connectivity index (χ3n) is 10.5. The maximum Gasteiger partial charge on any atom is 0.328 e. The second kappa shape index (κ2) is 15.5. The quantitative estimate of drug-likeness (QED) is 0.148. The summed E-state index contributed by atoms with van der Waals surface area (Å²) in [5, 5.41) is 12.8. The highest BCUT2D eigenvalue weighted by Crippen LogP contribution is 2.43. The van der Waals surface area contributed by atoms with Crippen LogP contribution in [-0.4, -0.2) is 54.0 Å². The van der Waals surface area contributed by atoms with Gasteiger partial charge in [0, 0.05) is 31.6 Å². The normalized spacial score (nSPS) is 17.8. The van der Waals surface area contributed by atoms with Crippen LogP contribution < -0.4 is 15.0 Å². The van der Waals surface area contributed by atoms with Crippen LogP contribution in [0.25, 0.3) is 11.1 Å². The molecule has 9 nitrogen and oxygen atoms in total. The fraction of sp³-hybridized carbons (Fsp3) is 0.250. The molecule has 10 heteroatoms.